The van der Waals surface area contributed by atoms with Crippen LogP contribution in [0.4, 0.5) is 0 Å². The van der Waals surface area contributed by atoms with Gasteiger partial charge in [-0.1, -0.05) is 30.3 Å². The second-order valence-electron chi connectivity index (χ2n) is 5.09. The Balaban J connectivity index is 1.99. The molecule has 1 aromatic rings. The van der Waals surface area contributed by atoms with Crippen LogP contribution in [0.3, 0.4) is 0 Å². The van der Waals surface area contributed by atoms with Gasteiger partial charge in [0, 0.05) is 12.0 Å². The van der Waals surface area contributed by atoms with E-state index in [4.69, 9.17) is 14.6 Å². The Labute approximate surface area is 135 Å². The SMILES string of the molecule is O=C(O)CO[C@@H]1CCOC[C@@H]1NS(=O)(=O)/C=C/c1ccccc1. The van der Waals surface area contributed by atoms with Crippen LogP contribution in [0.5, 0.6) is 0 Å². The summed E-state index contributed by atoms with van der Waals surface area (Å²) in [6, 6.07) is 8.42. The van der Waals surface area contributed by atoms with Gasteiger partial charge in [0.15, 0.2) is 0 Å². The molecule has 0 saturated carbocycles. The van der Waals surface area contributed by atoms with Gasteiger partial charge in [-0.05, 0) is 18.1 Å². The van der Waals surface area contributed by atoms with Crippen LogP contribution in [0.25, 0.3) is 6.08 Å². The van der Waals surface area contributed by atoms with Crippen molar-refractivity contribution in [1.29, 1.82) is 0 Å². The molecule has 0 radical (unpaired) electrons. The first-order valence-electron chi connectivity index (χ1n) is 7.13. The van der Waals surface area contributed by atoms with Gasteiger partial charge in [-0.3, -0.25) is 0 Å². The minimum Gasteiger partial charge on any atom is -0.480 e. The summed E-state index contributed by atoms with van der Waals surface area (Å²) in [5.74, 6) is -1.10. The van der Waals surface area contributed by atoms with Crippen LogP contribution >= 0.6 is 0 Å². The van der Waals surface area contributed by atoms with Gasteiger partial charge in [-0.15, -0.1) is 0 Å². The number of hydrogen-bond acceptors (Lipinski definition) is 5. The lowest BCUT2D eigenvalue weighted by molar-refractivity contribution is -0.147. The Kier molecular flexibility index (Phi) is 6.28. The minimum absolute atomic E-state index is 0.142. The number of carboxylic acid groups (broad SMARTS) is 1. The van der Waals surface area contributed by atoms with Crippen LogP contribution in [0, 0.1) is 0 Å². The topological polar surface area (TPSA) is 102 Å². The van der Waals surface area contributed by atoms with E-state index in [-0.39, 0.29) is 6.61 Å². The summed E-state index contributed by atoms with van der Waals surface area (Å²) in [4.78, 5) is 10.6. The molecule has 1 fully saturated rings. The quantitative estimate of drug-likeness (QED) is 0.762. The van der Waals surface area contributed by atoms with E-state index in [0.717, 1.165) is 11.0 Å². The van der Waals surface area contributed by atoms with Crippen molar-refractivity contribution in [3.8, 4) is 0 Å². The highest BCUT2D eigenvalue weighted by atomic mass is 32.2. The van der Waals surface area contributed by atoms with Gasteiger partial charge in [0.2, 0.25) is 10.0 Å². The molecule has 0 spiro atoms. The molecule has 8 heteroatoms. The van der Waals surface area contributed by atoms with Crippen molar-refractivity contribution in [3.63, 3.8) is 0 Å². The van der Waals surface area contributed by atoms with Crippen LogP contribution in [0.1, 0.15) is 12.0 Å². The standard InChI is InChI=1S/C15H19NO6S/c17-15(18)11-22-14-6-8-21-10-13(14)16-23(19,20)9-7-12-4-2-1-3-5-12/h1-5,7,9,13-14,16H,6,8,10-11H2,(H,17,18)/b9-7+/t13-,14+/m0/s1. The highest BCUT2D eigenvalue weighted by Crippen LogP contribution is 2.13. The van der Waals surface area contributed by atoms with Gasteiger partial charge in [0.05, 0.1) is 18.8 Å². The number of carboxylic acids is 1. The minimum atomic E-state index is -3.69. The fraction of sp³-hybridized carbons (Fsp3) is 0.400. The van der Waals surface area contributed by atoms with Crippen LogP contribution in [0.2, 0.25) is 0 Å². The molecule has 0 unspecified atom stereocenters. The van der Waals surface area contributed by atoms with Crippen molar-refractivity contribution in [3.05, 3.63) is 41.3 Å². The number of carbonyl (C=O) groups is 1. The Bertz CT molecular complexity index is 643. The second kappa shape index (κ2) is 8.21. The summed E-state index contributed by atoms with van der Waals surface area (Å²) in [5.41, 5.74) is 0.761. The van der Waals surface area contributed by atoms with E-state index < -0.39 is 34.7 Å². The molecule has 7 nitrogen and oxygen atoms in total. The molecule has 1 heterocycles. The van der Waals surface area contributed by atoms with E-state index >= 15 is 0 Å². The van der Waals surface area contributed by atoms with Crippen LogP contribution < -0.4 is 4.72 Å². The molecule has 2 N–H and O–H groups in total. The second-order valence-corrected chi connectivity index (χ2v) is 6.69. The third-order valence-electron chi connectivity index (χ3n) is 3.27. The van der Waals surface area contributed by atoms with Gasteiger partial charge in [0.1, 0.15) is 6.61 Å². The molecule has 23 heavy (non-hydrogen) atoms. The zero-order chi connectivity index (χ0) is 16.7. The number of benzene rings is 1. The first-order valence-corrected chi connectivity index (χ1v) is 8.67. The van der Waals surface area contributed by atoms with E-state index in [1.165, 1.54) is 6.08 Å². The molecule has 0 bridgehead atoms. The van der Waals surface area contributed by atoms with Gasteiger partial charge in [0.25, 0.3) is 0 Å². The van der Waals surface area contributed by atoms with Crippen molar-refractivity contribution in [2.75, 3.05) is 19.8 Å². The average Bonchev–Trinajstić information content (AvgIpc) is 2.53. The number of nitrogens with one attached hydrogen (secondary N) is 1. The maximum Gasteiger partial charge on any atom is 0.329 e. The number of rotatable bonds is 7. The maximum atomic E-state index is 12.1. The molecule has 2 atom stereocenters. The summed E-state index contributed by atoms with van der Waals surface area (Å²) < 4.78 is 37.2. The fourth-order valence-corrected chi connectivity index (χ4v) is 3.25. The number of hydrogen-bond donors (Lipinski definition) is 2. The molecule has 126 valence electrons. The number of sulfonamides is 1. The largest absolute Gasteiger partial charge is 0.480 e. The van der Waals surface area contributed by atoms with E-state index in [9.17, 15) is 13.2 Å². The lowest BCUT2D eigenvalue weighted by Gasteiger charge is -2.31. The van der Waals surface area contributed by atoms with Crippen molar-refractivity contribution in [2.45, 2.75) is 18.6 Å². The van der Waals surface area contributed by atoms with Crippen LogP contribution in [-0.2, 0) is 24.3 Å². The molecule has 0 aliphatic carbocycles. The average molecular weight is 341 g/mol. The highest BCUT2D eigenvalue weighted by molar-refractivity contribution is 7.92. The lowest BCUT2D eigenvalue weighted by Crippen LogP contribution is -2.50. The maximum absolute atomic E-state index is 12.1. The molecule has 1 aromatic carbocycles. The Morgan fingerprint density at radius 3 is 2.83 bits per heavy atom. The van der Waals surface area contributed by atoms with Gasteiger partial charge >= 0.3 is 5.97 Å². The zero-order valence-electron chi connectivity index (χ0n) is 12.4. The Hall–Kier alpha value is -1.74. The van der Waals surface area contributed by atoms with E-state index in [2.05, 4.69) is 4.72 Å². The summed E-state index contributed by atoms with van der Waals surface area (Å²) in [7, 11) is -3.69. The molecule has 2 rings (SSSR count). The normalized spacial score (nSPS) is 22.3. The fourth-order valence-electron chi connectivity index (χ4n) is 2.19. The molecule has 1 saturated heterocycles. The third-order valence-corrected chi connectivity index (χ3v) is 4.39. The lowest BCUT2D eigenvalue weighted by atomic mass is 10.1. The van der Waals surface area contributed by atoms with E-state index in [1.807, 2.05) is 18.2 Å². The first kappa shape index (κ1) is 17.6. The summed E-state index contributed by atoms with van der Waals surface area (Å²) in [6.07, 6.45) is 1.39. The molecular formula is C15H19NO6S. The zero-order valence-corrected chi connectivity index (χ0v) is 13.2. The third kappa shape index (κ3) is 6.11. The summed E-state index contributed by atoms with van der Waals surface area (Å²) in [5, 5.41) is 9.74. The molecule has 0 amide bonds. The number of aliphatic carboxylic acids is 1. The van der Waals surface area contributed by atoms with Gasteiger partial charge < -0.3 is 14.6 Å². The van der Waals surface area contributed by atoms with Crippen molar-refractivity contribution in [1.82, 2.24) is 4.72 Å². The van der Waals surface area contributed by atoms with Crippen molar-refractivity contribution >= 4 is 22.1 Å². The Morgan fingerprint density at radius 1 is 1.39 bits per heavy atom. The highest BCUT2D eigenvalue weighted by Gasteiger charge is 2.29. The number of ether oxygens (including phenoxy) is 2. The smallest absolute Gasteiger partial charge is 0.329 e. The predicted molar refractivity (Wildman–Crippen MR) is 84.1 cm³/mol. The predicted octanol–water partition coefficient (Wildman–Crippen LogP) is 0.835. The molecule has 0 aromatic heterocycles. The van der Waals surface area contributed by atoms with Crippen molar-refractivity contribution < 1.29 is 27.8 Å². The summed E-state index contributed by atoms with van der Waals surface area (Å²) in [6.45, 7) is 0.0772. The van der Waals surface area contributed by atoms with E-state index in [1.54, 1.807) is 12.1 Å². The van der Waals surface area contributed by atoms with Gasteiger partial charge in [-0.25, -0.2) is 17.9 Å². The van der Waals surface area contributed by atoms with Crippen LogP contribution in [0.15, 0.2) is 35.7 Å². The van der Waals surface area contributed by atoms with Crippen molar-refractivity contribution in [2.24, 2.45) is 0 Å². The Morgan fingerprint density at radius 2 is 2.13 bits per heavy atom. The van der Waals surface area contributed by atoms with E-state index in [0.29, 0.717) is 13.0 Å². The molecule has 1 aliphatic rings. The monoisotopic (exact) mass is 341 g/mol. The first-order chi connectivity index (χ1) is 11.0. The molecular weight excluding hydrogens is 322 g/mol. The van der Waals surface area contributed by atoms with Crippen LogP contribution in [-0.4, -0.2) is 51.5 Å². The summed E-state index contributed by atoms with van der Waals surface area (Å²) >= 11 is 0. The molecule has 1 aliphatic heterocycles. The van der Waals surface area contributed by atoms with Gasteiger partial charge in [-0.2, -0.15) is 0 Å².